The normalized spacial score (nSPS) is 25.7. The molecule has 0 unspecified atom stereocenters. The SMILES string of the molecule is CC(=O)Oc1ccc(N2C(=O)[C@@H]3[C@H](C2=O)[C@H](C(=O)c2ccccc2)N2N=CC=C[C@H]32)cc1. The summed E-state index contributed by atoms with van der Waals surface area (Å²) in [5.41, 5.74) is 0.831. The Balaban J connectivity index is 1.52. The number of nitrogens with zero attached hydrogens (tertiary/aromatic N) is 3. The summed E-state index contributed by atoms with van der Waals surface area (Å²) in [4.78, 5) is 52.6. The quantitative estimate of drug-likeness (QED) is 0.320. The molecular weight excluding hydrogens is 410 g/mol. The van der Waals surface area contributed by atoms with Gasteiger partial charge in [-0.1, -0.05) is 36.4 Å². The molecule has 8 nitrogen and oxygen atoms in total. The fraction of sp³-hybridized carbons (Fsp3) is 0.208. The highest BCUT2D eigenvalue weighted by Crippen LogP contribution is 2.46. The first-order valence-corrected chi connectivity index (χ1v) is 10.2. The predicted molar refractivity (Wildman–Crippen MR) is 115 cm³/mol. The third-order valence-electron chi connectivity index (χ3n) is 5.97. The summed E-state index contributed by atoms with van der Waals surface area (Å²) in [7, 11) is 0. The second kappa shape index (κ2) is 7.56. The largest absolute Gasteiger partial charge is 0.427 e. The molecule has 160 valence electrons. The van der Waals surface area contributed by atoms with E-state index in [0.717, 1.165) is 4.90 Å². The topological polar surface area (TPSA) is 96.3 Å². The second-order valence-corrected chi connectivity index (χ2v) is 7.85. The van der Waals surface area contributed by atoms with Gasteiger partial charge in [0, 0.05) is 18.7 Å². The van der Waals surface area contributed by atoms with Gasteiger partial charge in [0.05, 0.1) is 23.6 Å². The molecule has 5 rings (SSSR count). The van der Waals surface area contributed by atoms with Crippen molar-refractivity contribution in [2.45, 2.75) is 19.0 Å². The van der Waals surface area contributed by atoms with Crippen LogP contribution >= 0.6 is 0 Å². The maximum absolute atomic E-state index is 13.5. The van der Waals surface area contributed by atoms with Gasteiger partial charge < -0.3 is 4.74 Å². The fourth-order valence-corrected chi connectivity index (χ4v) is 4.69. The number of esters is 1. The molecule has 0 aliphatic carbocycles. The number of carbonyl (C=O) groups is 4. The minimum atomic E-state index is -0.879. The molecule has 0 N–H and O–H groups in total. The zero-order valence-corrected chi connectivity index (χ0v) is 17.1. The van der Waals surface area contributed by atoms with Gasteiger partial charge in [-0.25, -0.2) is 4.90 Å². The minimum Gasteiger partial charge on any atom is -0.427 e. The summed E-state index contributed by atoms with van der Waals surface area (Å²) in [5, 5.41) is 5.92. The fourth-order valence-electron chi connectivity index (χ4n) is 4.69. The Hall–Kier alpha value is -4.07. The van der Waals surface area contributed by atoms with Gasteiger partial charge in [-0.3, -0.25) is 24.2 Å². The van der Waals surface area contributed by atoms with Crippen LogP contribution in [0.1, 0.15) is 17.3 Å². The van der Waals surface area contributed by atoms with Gasteiger partial charge >= 0.3 is 5.97 Å². The summed E-state index contributed by atoms with van der Waals surface area (Å²) in [6, 6.07) is 13.5. The maximum Gasteiger partial charge on any atom is 0.308 e. The number of Topliss-reactive ketones (excluding diaryl/α,β-unsaturated/α-hetero) is 1. The number of fused-ring (bicyclic) bond motifs is 3. The van der Waals surface area contributed by atoms with Crippen molar-refractivity contribution < 1.29 is 23.9 Å². The molecule has 2 aromatic carbocycles. The van der Waals surface area contributed by atoms with Gasteiger partial charge in [-0.2, -0.15) is 5.10 Å². The van der Waals surface area contributed by atoms with E-state index in [1.807, 2.05) is 6.07 Å². The van der Waals surface area contributed by atoms with E-state index in [1.54, 1.807) is 59.8 Å². The molecule has 0 bridgehead atoms. The van der Waals surface area contributed by atoms with Crippen LogP contribution in [-0.2, 0) is 14.4 Å². The lowest BCUT2D eigenvalue weighted by molar-refractivity contribution is -0.132. The maximum atomic E-state index is 13.5. The Bertz CT molecular complexity index is 1170. The molecule has 0 spiro atoms. The van der Waals surface area contributed by atoms with Gasteiger partial charge in [-0.05, 0) is 30.3 Å². The van der Waals surface area contributed by atoms with Gasteiger partial charge in [0.1, 0.15) is 11.8 Å². The lowest BCUT2D eigenvalue weighted by Crippen LogP contribution is -2.46. The van der Waals surface area contributed by atoms with Gasteiger partial charge in [0.25, 0.3) is 0 Å². The Morgan fingerprint density at radius 2 is 1.62 bits per heavy atom. The standard InChI is InChI=1S/C24H19N3O5/c1-14(28)32-17-11-9-16(10-12-17)26-23(30)19-18-8-5-13-25-27(18)21(20(19)24(26)31)22(29)15-6-3-2-4-7-15/h2-13,18-21H,1H3/t18-,19+,20+,21-/m1/s1. The van der Waals surface area contributed by atoms with Crippen molar-refractivity contribution in [2.75, 3.05) is 4.90 Å². The molecule has 3 aliphatic heterocycles. The molecule has 2 fully saturated rings. The molecule has 0 radical (unpaired) electrons. The van der Waals surface area contributed by atoms with Crippen molar-refractivity contribution in [3.8, 4) is 5.75 Å². The molecular formula is C24H19N3O5. The first-order valence-electron chi connectivity index (χ1n) is 10.2. The van der Waals surface area contributed by atoms with E-state index in [-0.39, 0.29) is 11.7 Å². The van der Waals surface area contributed by atoms with Crippen LogP contribution in [0.2, 0.25) is 0 Å². The number of allylic oxidation sites excluding steroid dienone is 1. The summed E-state index contributed by atoms with van der Waals surface area (Å²) in [5.74, 6) is -2.78. The predicted octanol–water partition coefficient (Wildman–Crippen LogP) is 2.21. The summed E-state index contributed by atoms with van der Waals surface area (Å²) >= 11 is 0. The molecule has 2 saturated heterocycles. The monoisotopic (exact) mass is 429 g/mol. The average molecular weight is 429 g/mol. The van der Waals surface area contributed by atoms with Crippen LogP contribution in [-0.4, -0.2) is 46.9 Å². The third-order valence-corrected chi connectivity index (χ3v) is 5.97. The molecule has 3 aliphatic rings. The average Bonchev–Trinajstić information content (AvgIpc) is 3.27. The van der Waals surface area contributed by atoms with Crippen LogP contribution in [0.15, 0.2) is 71.9 Å². The van der Waals surface area contributed by atoms with Gasteiger partial charge in [0.2, 0.25) is 11.8 Å². The zero-order chi connectivity index (χ0) is 22.4. The Morgan fingerprint density at radius 1 is 0.938 bits per heavy atom. The van der Waals surface area contributed by atoms with Crippen molar-refractivity contribution in [3.63, 3.8) is 0 Å². The molecule has 32 heavy (non-hydrogen) atoms. The number of amides is 2. The zero-order valence-electron chi connectivity index (χ0n) is 17.1. The summed E-state index contributed by atoms with van der Waals surface area (Å²) < 4.78 is 5.02. The summed E-state index contributed by atoms with van der Waals surface area (Å²) in [6.45, 7) is 1.29. The first kappa shape index (κ1) is 19.9. The number of carbonyl (C=O) groups excluding carboxylic acids is 4. The number of hydrogen-bond acceptors (Lipinski definition) is 7. The van der Waals surface area contributed by atoms with Crippen molar-refractivity contribution in [2.24, 2.45) is 16.9 Å². The van der Waals surface area contributed by atoms with E-state index >= 15 is 0 Å². The molecule has 4 atom stereocenters. The first-order chi connectivity index (χ1) is 15.5. The van der Waals surface area contributed by atoms with Crippen molar-refractivity contribution >= 4 is 35.5 Å². The molecule has 2 aromatic rings. The molecule has 8 heteroatoms. The molecule has 2 amide bonds. The molecule has 3 heterocycles. The van der Waals surface area contributed by atoms with E-state index < -0.39 is 35.8 Å². The van der Waals surface area contributed by atoms with Crippen LogP contribution in [0.3, 0.4) is 0 Å². The number of ether oxygens (including phenoxy) is 1. The lowest BCUT2D eigenvalue weighted by atomic mass is 9.86. The second-order valence-electron chi connectivity index (χ2n) is 7.85. The highest BCUT2D eigenvalue weighted by molar-refractivity contribution is 6.24. The number of rotatable bonds is 4. The van der Waals surface area contributed by atoms with E-state index in [1.165, 1.54) is 19.1 Å². The van der Waals surface area contributed by atoms with E-state index in [2.05, 4.69) is 5.10 Å². The van der Waals surface area contributed by atoms with Crippen LogP contribution in [0.4, 0.5) is 5.69 Å². The Kier molecular flexibility index (Phi) is 4.70. The van der Waals surface area contributed by atoms with E-state index in [9.17, 15) is 19.2 Å². The van der Waals surface area contributed by atoms with E-state index in [0.29, 0.717) is 17.0 Å². The number of anilines is 1. The number of hydrazone groups is 1. The summed E-state index contributed by atoms with van der Waals surface area (Å²) in [6.07, 6.45) is 5.09. The molecule has 0 saturated carbocycles. The van der Waals surface area contributed by atoms with E-state index in [4.69, 9.17) is 4.74 Å². The van der Waals surface area contributed by atoms with Crippen molar-refractivity contribution in [1.29, 1.82) is 0 Å². The smallest absolute Gasteiger partial charge is 0.308 e. The van der Waals surface area contributed by atoms with Crippen molar-refractivity contribution in [1.82, 2.24) is 5.01 Å². The lowest BCUT2D eigenvalue weighted by Gasteiger charge is -2.30. The molecule has 0 aromatic heterocycles. The van der Waals surface area contributed by atoms with Crippen LogP contribution in [0, 0.1) is 11.8 Å². The van der Waals surface area contributed by atoms with Crippen LogP contribution in [0.25, 0.3) is 0 Å². The number of imide groups is 1. The highest BCUT2D eigenvalue weighted by Gasteiger charge is 2.64. The number of hydrogen-bond donors (Lipinski definition) is 0. The number of benzene rings is 2. The van der Waals surface area contributed by atoms with Crippen LogP contribution in [0.5, 0.6) is 5.75 Å². The minimum absolute atomic E-state index is 0.247. The highest BCUT2D eigenvalue weighted by atomic mass is 16.5. The van der Waals surface area contributed by atoms with Gasteiger partial charge in [0.15, 0.2) is 5.78 Å². The van der Waals surface area contributed by atoms with Gasteiger partial charge in [-0.15, -0.1) is 0 Å². The van der Waals surface area contributed by atoms with Crippen LogP contribution < -0.4 is 9.64 Å². The van der Waals surface area contributed by atoms with Crippen molar-refractivity contribution in [3.05, 3.63) is 72.3 Å². The Morgan fingerprint density at radius 3 is 2.31 bits per heavy atom. The Labute approximate surface area is 183 Å². The third kappa shape index (κ3) is 3.03. The number of ketones is 1.